The Labute approximate surface area is 118 Å². The summed E-state index contributed by atoms with van der Waals surface area (Å²) in [5, 5.41) is 1.01. The Morgan fingerprint density at radius 1 is 1.20 bits per heavy atom. The molecule has 0 bridgehead atoms. The highest BCUT2D eigenvalue weighted by atomic mass is 16.2. The molecule has 1 aromatic heterocycles. The van der Waals surface area contributed by atoms with Gasteiger partial charge in [0, 0.05) is 43.4 Å². The van der Waals surface area contributed by atoms with Crippen LogP contribution < -0.4 is 5.73 Å². The highest BCUT2D eigenvalue weighted by molar-refractivity contribution is 5.94. The van der Waals surface area contributed by atoms with Gasteiger partial charge in [0.1, 0.15) is 0 Å². The number of carbonyl (C=O) groups is 1. The van der Waals surface area contributed by atoms with Crippen molar-refractivity contribution in [2.75, 3.05) is 45.5 Å². The molecule has 1 saturated heterocycles. The summed E-state index contributed by atoms with van der Waals surface area (Å²) >= 11 is 0. The van der Waals surface area contributed by atoms with Crippen LogP contribution in [0.15, 0.2) is 30.5 Å². The average Bonchev–Trinajstić information content (AvgIpc) is 2.84. The number of benzene rings is 1. The van der Waals surface area contributed by atoms with Gasteiger partial charge in [0.15, 0.2) is 0 Å². The van der Waals surface area contributed by atoms with E-state index in [9.17, 15) is 4.79 Å². The number of nitrogens with zero attached hydrogens (tertiary/aromatic N) is 3. The maximum atomic E-state index is 12.4. The molecule has 1 fully saturated rings. The third kappa shape index (κ3) is 2.55. The third-order valence-corrected chi connectivity index (χ3v) is 3.94. The second-order valence-electron chi connectivity index (χ2n) is 5.48. The standard InChI is InChI=1S/C15H20N4O/c1-17-6-8-18(9-7-17)11-15(20)19-5-4-12-10-13(16)2-3-14(12)19/h2-5,10H,6-9,11,16H2,1H3. The number of rotatable bonds is 2. The van der Waals surface area contributed by atoms with Gasteiger partial charge in [0.25, 0.3) is 0 Å². The second kappa shape index (κ2) is 5.26. The lowest BCUT2D eigenvalue weighted by Gasteiger charge is -2.31. The topological polar surface area (TPSA) is 54.5 Å². The minimum absolute atomic E-state index is 0.120. The number of anilines is 1. The van der Waals surface area contributed by atoms with Crippen LogP contribution >= 0.6 is 0 Å². The summed E-state index contributed by atoms with van der Waals surface area (Å²) < 4.78 is 1.73. The lowest BCUT2D eigenvalue weighted by atomic mass is 10.2. The Hall–Kier alpha value is -1.85. The molecular formula is C15H20N4O. The highest BCUT2D eigenvalue weighted by Crippen LogP contribution is 2.18. The number of nitrogens with two attached hydrogens (primary N) is 1. The van der Waals surface area contributed by atoms with Crippen molar-refractivity contribution in [1.29, 1.82) is 0 Å². The van der Waals surface area contributed by atoms with Crippen molar-refractivity contribution < 1.29 is 4.79 Å². The van der Waals surface area contributed by atoms with E-state index in [4.69, 9.17) is 5.73 Å². The Bertz CT molecular complexity index is 626. The van der Waals surface area contributed by atoms with Crippen LogP contribution in [0.25, 0.3) is 10.9 Å². The molecule has 1 aromatic carbocycles. The lowest BCUT2D eigenvalue weighted by Crippen LogP contribution is -2.46. The molecule has 0 unspecified atom stereocenters. The zero-order chi connectivity index (χ0) is 14.1. The van der Waals surface area contributed by atoms with Crippen LogP contribution in [0.4, 0.5) is 5.69 Å². The number of fused-ring (bicyclic) bond motifs is 1. The van der Waals surface area contributed by atoms with Gasteiger partial charge in [-0.25, -0.2) is 0 Å². The Kier molecular flexibility index (Phi) is 3.46. The van der Waals surface area contributed by atoms with Crippen molar-refractivity contribution in [1.82, 2.24) is 14.4 Å². The van der Waals surface area contributed by atoms with E-state index >= 15 is 0 Å². The summed E-state index contributed by atoms with van der Waals surface area (Å²) in [6, 6.07) is 7.58. The highest BCUT2D eigenvalue weighted by Gasteiger charge is 2.18. The molecule has 0 aliphatic carbocycles. The molecule has 2 heterocycles. The van der Waals surface area contributed by atoms with Crippen LogP contribution in [0.3, 0.4) is 0 Å². The lowest BCUT2D eigenvalue weighted by molar-refractivity contribution is 0.0801. The summed E-state index contributed by atoms with van der Waals surface area (Å²) in [6.07, 6.45) is 1.84. The Balaban J connectivity index is 1.75. The van der Waals surface area contributed by atoms with E-state index in [0.717, 1.165) is 42.8 Å². The zero-order valence-electron chi connectivity index (χ0n) is 11.7. The van der Waals surface area contributed by atoms with Gasteiger partial charge in [-0.15, -0.1) is 0 Å². The summed E-state index contributed by atoms with van der Waals surface area (Å²) in [4.78, 5) is 16.9. The fourth-order valence-corrected chi connectivity index (χ4v) is 2.65. The van der Waals surface area contributed by atoms with E-state index in [2.05, 4.69) is 16.8 Å². The predicted molar refractivity (Wildman–Crippen MR) is 80.9 cm³/mol. The normalized spacial score (nSPS) is 17.6. The molecule has 2 aromatic rings. The largest absolute Gasteiger partial charge is 0.399 e. The maximum absolute atomic E-state index is 12.4. The predicted octanol–water partition coefficient (Wildman–Crippen LogP) is 1.11. The quantitative estimate of drug-likeness (QED) is 0.832. The summed E-state index contributed by atoms with van der Waals surface area (Å²) in [6.45, 7) is 4.43. The van der Waals surface area contributed by atoms with E-state index in [1.165, 1.54) is 0 Å². The SMILES string of the molecule is CN1CCN(CC(=O)n2ccc3cc(N)ccc32)CC1. The number of hydrogen-bond donors (Lipinski definition) is 1. The molecule has 5 heteroatoms. The molecule has 0 radical (unpaired) electrons. The molecule has 0 saturated carbocycles. The van der Waals surface area contributed by atoms with Crippen molar-refractivity contribution >= 4 is 22.5 Å². The van der Waals surface area contributed by atoms with E-state index in [-0.39, 0.29) is 5.91 Å². The van der Waals surface area contributed by atoms with E-state index in [1.54, 1.807) is 4.57 Å². The van der Waals surface area contributed by atoms with Gasteiger partial charge < -0.3 is 10.6 Å². The van der Waals surface area contributed by atoms with Crippen LogP contribution in [-0.4, -0.2) is 60.0 Å². The minimum atomic E-state index is 0.120. The van der Waals surface area contributed by atoms with Crippen LogP contribution in [0, 0.1) is 0 Å². The van der Waals surface area contributed by atoms with Gasteiger partial charge in [-0.3, -0.25) is 14.3 Å². The molecule has 20 heavy (non-hydrogen) atoms. The molecule has 0 atom stereocenters. The number of piperazine rings is 1. The number of likely N-dealkylation sites (N-methyl/N-ethyl adjacent to an activating group) is 1. The molecule has 1 aliphatic rings. The molecule has 2 N–H and O–H groups in total. The van der Waals surface area contributed by atoms with Gasteiger partial charge in [-0.2, -0.15) is 0 Å². The summed E-state index contributed by atoms with van der Waals surface area (Å²) in [5.41, 5.74) is 7.42. The fourth-order valence-electron chi connectivity index (χ4n) is 2.65. The number of aromatic nitrogens is 1. The van der Waals surface area contributed by atoms with Crippen LogP contribution in [0.2, 0.25) is 0 Å². The van der Waals surface area contributed by atoms with Crippen molar-refractivity contribution in [2.24, 2.45) is 0 Å². The molecule has 106 valence electrons. The van der Waals surface area contributed by atoms with E-state index in [1.807, 2.05) is 30.5 Å². The smallest absolute Gasteiger partial charge is 0.245 e. The van der Waals surface area contributed by atoms with Gasteiger partial charge >= 0.3 is 0 Å². The van der Waals surface area contributed by atoms with Gasteiger partial charge in [0.05, 0.1) is 12.1 Å². The first-order chi connectivity index (χ1) is 9.63. The number of nitrogen functional groups attached to an aromatic ring is 1. The van der Waals surface area contributed by atoms with Gasteiger partial charge in [-0.05, 0) is 31.3 Å². The molecular weight excluding hydrogens is 252 g/mol. The average molecular weight is 272 g/mol. The van der Waals surface area contributed by atoms with Crippen molar-refractivity contribution in [3.63, 3.8) is 0 Å². The van der Waals surface area contributed by atoms with Crippen molar-refractivity contribution in [2.45, 2.75) is 0 Å². The maximum Gasteiger partial charge on any atom is 0.245 e. The first-order valence-corrected chi connectivity index (χ1v) is 6.94. The van der Waals surface area contributed by atoms with Crippen LogP contribution in [0.1, 0.15) is 4.79 Å². The Morgan fingerprint density at radius 3 is 2.70 bits per heavy atom. The van der Waals surface area contributed by atoms with E-state index < -0.39 is 0 Å². The third-order valence-electron chi connectivity index (χ3n) is 3.94. The zero-order valence-corrected chi connectivity index (χ0v) is 11.7. The molecule has 3 rings (SSSR count). The minimum Gasteiger partial charge on any atom is -0.399 e. The molecule has 1 aliphatic heterocycles. The summed E-state index contributed by atoms with van der Waals surface area (Å²) in [7, 11) is 2.11. The van der Waals surface area contributed by atoms with Gasteiger partial charge in [-0.1, -0.05) is 0 Å². The van der Waals surface area contributed by atoms with Crippen LogP contribution in [-0.2, 0) is 0 Å². The van der Waals surface area contributed by atoms with Crippen molar-refractivity contribution in [3.05, 3.63) is 30.5 Å². The van der Waals surface area contributed by atoms with Gasteiger partial charge in [0.2, 0.25) is 5.91 Å². The first kappa shape index (κ1) is 13.1. The first-order valence-electron chi connectivity index (χ1n) is 6.94. The molecule has 0 amide bonds. The fraction of sp³-hybridized carbons (Fsp3) is 0.400. The second-order valence-corrected chi connectivity index (χ2v) is 5.48. The van der Waals surface area contributed by atoms with Crippen LogP contribution in [0.5, 0.6) is 0 Å². The molecule has 0 spiro atoms. The van der Waals surface area contributed by atoms with Crippen molar-refractivity contribution in [3.8, 4) is 0 Å². The number of hydrogen-bond acceptors (Lipinski definition) is 4. The van der Waals surface area contributed by atoms with E-state index in [0.29, 0.717) is 6.54 Å². The Morgan fingerprint density at radius 2 is 1.95 bits per heavy atom. The number of carbonyl (C=O) groups excluding carboxylic acids is 1. The monoisotopic (exact) mass is 272 g/mol. The molecule has 5 nitrogen and oxygen atoms in total. The summed E-state index contributed by atoms with van der Waals surface area (Å²) in [5.74, 6) is 0.120.